The van der Waals surface area contributed by atoms with Crippen LogP contribution in [-0.4, -0.2) is 29.4 Å². The number of carbonyl (C=O) groups is 3. The van der Waals surface area contributed by atoms with Gasteiger partial charge in [-0.3, -0.25) is 9.59 Å². The average molecular weight is 422 g/mol. The predicted molar refractivity (Wildman–Crippen MR) is 107 cm³/mol. The second-order valence-corrected chi connectivity index (χ2v) is 6.45. The quantitative estimate of drug-likeness (QED) is 0.550. The van der Waals surface area contributed by atoms with Crippen molar-refractivity contribution in [2.24, 2.45) is 0 Å². The Morgan fingerprint density at radius 3 is 2.50 bits per heavy atom. The minimum atomic E-state index is -0.861. The van der Waals surface area contributed by atoms with E-state index in [2.05, 4.69) is 15.6 Å². The molecule has 2 aromatic rings. The monoisotopic (exact) mass is 421 g/mol. The Hall–Kier alpha value is -2.90. The summed E-state index contributed by atoms with van der Waals surface area (Å²) in [5.41, 5.74) is 1.15. The topological polar surface area (TPSA) is 97.4 Å². The minimum absolute atomic E-state index is 0.0926. The zero-order valence-electron chi connectivity index (χ0n) is 15.1. The number of rotatable bonds is 6. The molecule has 1 aromatic carbocycles. The maximum absolute atomic E-state index is 12.3. The van der Waals surface area contributed by atoms with Gasteiger partial charge in [0.15, 0.2) is 12.4 Å². The molecule has 2 amide bonds. The van der Waals surface area contributed by atoms with Gasteiger partial charge in [-0.1, -0.05) is 53.5 Å². The van der Waals surface area contributed by atoms with E-state index in [1.54, 1.807) is 31.2 Å². The number of halogens is 2. The summed E-state index contributed by atoms with van der Waals surface area (Å²) in [5, 5.41) is 5.38. The molecular weight excluding hydrogens is 405 g/mol. The van der Waals surface area contributed by atoms with Crippen LogP contribution in [0.5, 0.6) is 0 Å². The van der Waals surface area contributed by atoms with Crippen LogP contribution >= 0.6 is 23.2 Å². The number of esters is 1. The summed E-state index contributed by atoms with van der Waals surface area (Å²) in [7, 11) is 0. The van der Waals surface area contributed by atoms with Crippen molar-refractivity contribution in [3.05, 3.63) is 63.4 Å². The fraction of sp³-hybridized carbons (Fsp3) is 0.158. The molecule has 0 spiro atoms. The first-order valence-electron chi connectivity index (χ1n) is 8.10. The largest absolute Gasteiger partial charge is 0.451 e. The summed E-state index contributed by atoms with van der Waals surface area (Å²) in [6.45, 7) is 2.34. The van der Waals surface area contributed by atoms with Crippen molar-refractivity contribution in [3.8, 4) is 0 Å². The Morgan fingerprint density at radius 2 is 1.86 bits per heavy atom. The van der Waals surface area contributed by atoms with Gasteiger partial charge in [0.25, 0.3) is 5.91 Å². The zero-order valence-corrected chi connectivity index (χ0v) is 16.6. The van der Waals surface area contributed by atoms with Gasteiger partial charge < -0.3 is 15.4 Å². The number of amides is 2. The van der Waals surface area contributed by atoms with E-state index in [1.165, 1.54) is 19.2 Å². The summed E-state index contributed by atoms with van der Waals surface area (Å²) in [6, 6.07) is 8.87. The molecule has 146 valence electrons. The minimum Gasteiger partial charge on any atom is -0.451 e. The fourth-order valence-corrected chi connectivity index (χ4v) is 2.46. The third-order valence-electron chi connectivity index (χ3n) is 3.44. The highest BCUT2D eigenvalue weighted by atomic mass is 35.5. The lowest BCUT2D eigenvalue weighted by molar-refractivity contribution is -0.144. The van der Waals surface area contributed by atoms with Gasteiger partial charge in [0.2, 0.25) is 5.91 Å². The fourth-order valence-electron chi connectivity index (χ4n) is 2.07. The van der Waals surface area contributed by atoms with Crippen molar-refractivity contribution in [1.82, 2.24) is 10.3 Å². The van der Waals surface area contributed by atoms with Crippen LogP contribution in [0.4, 0.5) is 5.82 Å². The molecule has 0 saturated carbocycles. The lowest BCUT2D eigenvalue weighted by atomic mass is 10.2. The molecule has 0 aliphatic rings. The van der Waals surface area contributed by atoms with Crippen molar-refractivity contribution in [1.29, 1.82) is 0 Å². The van der Waals surface area contributed by atoms with Crippen LogP contribution in [0, 0.1) is 6.92 Å². The van der Waals surface area contributed by atoms with Crippen LogP contribution in [0.3, 0.4) is 0 Å². The van der Waals surface area contributed by atoms with Crippen molar-refractivity contribution in [2.45, 2.75) is 13.8 Å². The van der Waals surface area contributed by atoms with E-state index in [0.29, 0.717) is 16.1 Å². The molecule has 0 aliphatic carbocycles. The number of hydrogen-bond donors (Lipinski definition) is 2. The van der Waals surface area contributed by atoms with Crippen LogP contribution < -0.4 is 10.6 Å². The summed E-state index contributed by atoms with van der Waals surface area (Å²) in [6.07, 6.45) is 2.80. The van der Waals surface area contributed by atoms with Crippen LogP contribution in [0.2, 0.25) is 10.0 Å². The Bertz CT molecular complexity index is 930. The molecule has 28 heavy (non-hydrogen) atoms. The Balaban J connectivity index is 2.04. The number of aromatic nitrogens is 1. The predicted octanol–water partition coefficient (Wildman–Crippen LogP) is 3.36. The normalized spacial score (nSPS) is 10.9. The molecule has 2 N–H and O–H groups in total. The number of anilines is 1. The molecule has 0 aliphatic heterocycles. The summed E-state index contributed by atoms with van der Waals surface area (Å²) >= 11 is 12.0. The van der Waals surface area contributed by atoms with Gasteiger partial charge in [0, 0.05) is 13.1 Å². The molecule has 2 rings (SSSR count). The van der Waals surface area contributed by atoms with Gasteiger partial charge in [0.1, 0.15) is 5.70 Å². The van der Waals surface area contributed by atoms with Crippen molar-refractivity contribution in [3.63, 3.8) is 0 Å². The van der Waals surface area contributed by atoms with Gasteiger partial charge >= 0.3 is 5.97 Å². The highest BCUT2D eigenvalue weighted by molar-refractivity contribution is 6.37. The van der Waals surface area contributed by atoms with Gasteiger partial charge in [-0.2, -0.15) is 0 Å². The first-order chi connectivity index (χ1) is 13.3. The Kier molecular flexibility index (Phi) is 7.54. The number of nitrogens with one attached hydrogen (secondary N) is 2. The van der Waals surface area contributed by atoms with E-state index < -0.39 is 24.4 Å². The number of pyridine rings is 1. The molecule has 0 fully saturated rings. The molecule has 0 bridgehead atoms. The molecule has 0 atom stereocenters. The van der Waals surface area contributed by atoms with Gasteiger partial charge in [-0.25, -0.2) is 9.78 Å². The van der Waals surface area contributed by atoms with Crippen molar-refractivity contribution >= 4 is 52.9 Å². The molecule has 0 unspecified atom stereocenters. The zero-order chi connectivity index (χ0) is 20.7. The van der Waals surface area contributed by atoms with E-state index in [-0.39, 0.29) is 16.5 Å². The van der Waals surface area contributed by atoms with Crippen molar-refractivity contribution in [2.75, 3.05) is 11.9 Å². The molecule has 0 saturated heterocycles. The van der Waals surface area contributed by atoms with E-state index in [1.807, 2.05) is 6.07 Å². The maximum Gasteiger partial charge on any atom is 0.355 e. The average Bonchev–Trinajstić information content (AvgIpc) is 2.66. The molecule has 1 heterocycles. The second-order valence-electron chi connectivity index (χ2n) is 5.67. The van der Waals surface area contributed by atoms with E-state index in [9.17, 15) is 14.4 Å². The van der Waals surface area contributed by atoms with Crippen molar-refractivity contribution < 1.29 is 19.1 Å². The van der Waals surface area contributed by atoms with Crippen LogP contribution in [-0.2, 0) is 19.1 Å². The first-order valence-corrected chi connectivity index (χ1v) is 8.85. The molecule has 9 heteroatoms. The van der Waals surface area contributed by atoms with Gasteiger partial charge in [0.05, 0.1) is 10.0 Å². The number of hydrogen-bond acceptors (Lipinski definition) is 5. The van der Waals surface area contributed by atoms with E-state index in [0.717, 1.165) is 0 Å². The van der Waals surface area contributed by atoms with E-state index >= 15 is 0 Å². The van der Waals surface area contributed by atoms with Gasteiger partial charge in [-0.15, -0.1) is 0 Å². The summed E-state index contributed by atoms with van der Waals surface area (Å²) in [4.78, 5) is 39.6. The number of benzene rings is 1. The van der Waals surface area contributed by atoms with E-state index in [4.69, 9.17) is 27.9 Å². The third-order valence-corrected chi connectivity index (χ3v) is 4.28. The van der Waals surface area contributed by atoms with Crippen LogP contribution in [0.15, 0.2) is 42.2 Å². The maximum atomic E-state index is 12.3. The SMILES string of the molecule is CC(=O)N/C(=C/c1ccccc1)C(=O)OCC(=O)Nc1ncc(Cl)c(C)c1Cl. The molecule has 7 nitrogen and oxygen atoms in total. The third kappa shape index (κ3) is 6.07. The first kappa shape index (κ1) is 21.4. The second kappa shape index (κ2) is 9.87. The van der Waals surface area contributed by atoms with Crippen LogP contribution in [0.1, 0.15) is 18.1 Å². The highest BCUT2D eigenvalue weighted by Gasteiger charge is 2.16. The molecule has 1 aromatic heterocycles. The Labute approximate surface area is 171 Å². The standard InChI is InChI=1S/C19H17Cl2N3O4/c1-11-14(20)9-22-18(17(11)21)24-16(26)10-28-19(27)15(23-12(2)25)8-13-6-4-3-5-7-13/h3-9H,10H2,1-2H3,(H,23,25)(H,22,24,26)/b15-8+. The lowest BCUT2D eigenvalue weighted by Crippen LogP contribution is -2.29. The Morgan fingerprint density at radius 1 is 1.18 bits per heavy atom. The lowest BCUT2D eigenvalue weighted by Gasteiger charge is -2.11. The number of carbonyl (C=O) groups excluding carboxylic acids is 3. The summed E-state index contributed by atoms with van der Waals surface area (Å²) in [5.74, 6) is -1.85. The smallest absolute Gasteiger partial charge is 0.355 e. The van der Waals surface area contributed by atoms with Crippen LogP contribution in [0.25, 0.3) is 6.08 Å². The molecule has 0 radical (unpaired) electrons. The number of nitrogens with zero attached hydrogens (tertiary/aromatic N) is 1. The van der Waals surface area contributed by atoms with Gasteiger partial charge in [-0.05, 0) is 24.1 Å². The molecular formula is C19H17Cl2N3O4. The highest BCUT2D eigenvalue weighted by Crippen LogP contribution is 2.28. The number of ether oxygens (including phenoxy) is 1. The summed E-state index contributed by atoms with van der Waals surface area (Å²) < 4.78 is 4.97.